The van der Waals surface area contributed by atoms with Gasteiger partial charge in [-0.3, -0.25) is 18.6 Å². The highest BCUT2D eigenvalue weighted by Gasteiger charge is 2.24. The Labute approximate surface area is 372 Å². The summed E-state index contributed by atoms with van der Waals surface area (Å²) in [5.41, 5.74) is 0. The number of rotatable bonds is 41. The maximum absolute atomic E-state index is 12.5. The smallest absolute Gasteiger partial charge is 0.462 e. The molecule has 2 unspecified atom stereocenters. The summed E-state index contributed by atoms with van der Waals surface area (Å²) in [6.07, 6.45) is 65.5. The van der Waals surface area contributed by atoms with Crippen molar-refractivity contribution >= 4 is 19.8 Å². The summed E-state index contributed by atoms with van der Waals surface area (Å²) in [5.74, 6) is -0.917. The van der Waals surface area contributed by atoms with Gasteiger partial charge in [-0.1, -0.05) is 187 Å². The van der Waals surface area contributed by atoms with Crippen LogP contribution in [0.2, 0.25) is 0 Å². The van der Waals surface area contributed by atoms with Gasteiger partial charge >= 0.3 is 19.8 Å². The number of allylic oxidation sites excluding steroid dienone is 20. The van der Waals surface area contributed by atoms with E-state index in [2.05, 4.69) is 128 Å². The minimum Gasteiger partial charge on any atom is -0.462 e. The van der Waals surface area contributed by atoms with Crippen LogP contribution in [-0.2, 0) is 32.7 Å². The topological polar surface area (TPSA) is 108 Å². The number of hydrogen-bond donors (Lipinski definition) is 1. The van der Waals surface area contributed by atoms with E-state index in [-0.39, 0.29) is 19.4 Å². The van der Waals surface area contributed by atoms with Crippen LogP contribution < -0.4 is 0 Å². The molecular formula is C52H83O8P. The number of phosphoric acid groups is 1. The summed E-state index contributed by atoms with van der Waals surface area (Å²) >= 11 is 0. The second-order valence-corrected chi connectivity index (χ2v) is 16.3. The first kappa shape index (κ1) is 57.4. The van der Waals surface area contributed by atoms with Crippen molar-refractivity contribution in [1.29, 1.82) is 0 Å². The normalized spacial score (nSPS) is 14.4. The number of hydrogen-bond acceptors (Lipinski definition) is 7. The van der Waals surface area contributed by atoms with Gasteiger partial charge < -0.3 is 14.4 Å². The first-order valence-electron chi connectivity index (χ1n) is 23.2. The molecule has 2 atom stereocenters. The van der Waals surface area contributed by atoms with E-state index in [9.17, 15) is 19.0 Å². The molecule has 9 heteroatoms. The molecule has 8 nitrogen and oxygen atoms in total. The van der Waals surface area contributed by atoms with E-state index in [0.29, 0.717) is 6.42 Å². The van der Waals surface area contributed by atoms with E-state index in [1.54, 1.807) is 0 Å². The van der Waals surface area contributed by atoms with E-state index in [0.717, 1.165) is 103 Å². The van der Waals surface area contributed by atoms with Gasteiger partial charge in [-0.25, -0.2) is 4.57 Å². The van der Waals surface area contributed by atoms with Gasteiger partial charge in [-0.05, 0) is 89.9 Å². The molecule has 0 rings (SSSR count). The standard InChI is InChI=1S/C52H83O8P/c1-4-6-8-10-12-14-16-18-20-22-24-25-26-27-29-30-32-34-36-38-40-42-44-46-51(53)58-48-50(49-59-61(55,56)57-3)60-52(54)47-45-43-41-39-37-35-33-31-28-23-21-19-17-15-13-11-9-7-5-2/h6-9,12-15,18-21,24-25,28,31,35,37,41,43,50H,4-5,10-11,16-17,22-23,26-27,29-30,32-34,36,38-40,42,44-49H2,1-3H3,(H,55,56)/b8-6-,9-7-,14-12-,15-13-,20-18-,21-19-,25-24-,31-28-,37-35-,43-41-. The van der Waals surface area contributed by atoms with Gasteiger partial charge in [0.15, 0.2) is 6.10 Å². The number of phosphoric ester groups is 1. The molecule has 0 spiro atoms. The Morgan fingerprint density at radius 1 is 0.459 bits per heavy atom. The fraction of sp³-hybridized carbons (Fsp3) is 0.577. The number of carbonyl (C=O) groups is 2. The van der Waals surface area contributed by atoms with Crippen LogP contribution in [0.25, 0.3) is 0 Å². The van der Waals surface area contributed by atoms with Gasteiger partial charge in [0.2, 0.25) is 0 Å². The van der Waals surface area contributed by atoms with E-state index in [1.165, 1.54) is 38.5 Å². The molecule has 0 heterocycles. The zero-order valence-electron chi connectivity index (χ0n) is 38.3. The zero-order valence-corrected chi connectivity index (χ0v) is 39.2. The molecule has 1 N–H and O–H groups in total. The highest BCUT2D eigenvalue weighted by Crippen LogP contribution is 2.42. The molecule has 0 saturated heterocycles. The van der Waals surface area contributed by atoms with Gasteiger partial charge in [0.05, 0.1) is 6.61 Å². The minimum atomic E-state index is -4.30. The van der Waals surface area contributed by atoms with Crippen LogP contribution in [0.3, 0.4) is 0 Å². The third kappa shape index (κ3) is 45.8. The van der Waals surface area contributed by atoms with Crippen LogP contribution in [0.15, 0.2) is 122 Å². The number of carbonyl (C=O) groups excluding carboxylic acids is 2. The highest BCUT2D eigenvalue weighted by molar-refractivity contribution is 7.47. The lowest BCUT2D eigenvalue weighted by atomic mass is 10.1. The molecule has 0 aliphatic heterocycles. The molecule has 0 saturated carbocycles. The molecule has 0 aromatic rings. The van der Waals surface area contributed by atoms with Crippen molar-refractivity contribution in [2.24, 2.45) is 0 Å². The van der Waals surface area contributed by atoms with Gasteiger partial charge in [0, 0.05) is 20.0 Å². The summed E-state index contributed by atoms with van der Waals surface area (Å²) in [5, 5.41) is 0. The Balaban J connectivity index is 4.08. The quantitative estimate of drug-likeness (QED) is 0.0280. The van der Waals surface area contributed by atoms with Gasteiger partial charge in [0.25, 0.3) is 0 Å². The molecule has 0 fully saturated rings. The first-order chi connectivity index (χ1) is 29.8. The van der Waals surface area contributed by atoms with Crippen molar-refractivity contribution < 1.29 is 37.6 Å². The summed E-state index contributed by atoms with van der Waals surface area (Å²) in [4.78, 5) is 34.5. The number of ether oxygens (including phenoxy) is 2. The molecule has 0 radical (unpaired) electrons. The predicted molar refractivity (Wildman–Crippen MR) is 257 cm³/mol. The molecule has 61 heavy (non-hydrogen) atoms. The maximum Gasteiger partial charge on any atom is 0.472 e. The Bertz CT molecular complexity index is 1400. The Hall–Kier alpha value is -3.55. The molecule has 344 valence electrons. The molecule has 0 aliphatic rings. The van der Waals surface area contributed by atoms with Crippen molar-refractivity contribution in [3.63, 3.8) is 0 Å². The van der Waals surface area contributed by atoms with Crippen molar-refractivity contribution in [1.82, 2.24) is 0 Å². The van der Waals surface area contributed by atoms with Crippen LogP contribution in [0.5, 0.6) is 0 Å². The monoisotopic (exact) mass is 867 g/mol. The number of unbranched alkanes of at least 4 members (excludes halogenated alkanes) is 10. The molecule has 0 aromatic heterocycles. The summed E-state index contributed by atoms with van der Waals surface area (Å²) < 4.78 is 32.0. The van der Waals surface area contributed by atoms with Crippen molar-refractivity contribution in [2.75, 3.05) is 20.3 Å². The Morgan fingerprint density at radius 3 is 1.23 bits per heavy atom. The van der Waals surface area contributed by atoms with Crippen LogP contribution in [0, 0.1) is 0 Å². The van der Waals surface area contributed by atoms with E-state index in [1.807, 2.05) is 12.2 Å². The minimum absolute atomic E-state index is 0.111. The second kappa shape index (κ2) is 46.0. The van der Waals surface area contributed by atoms with E-state index in [4.69, 9.17) is 14.0 Å². The largest absolute Gasteiger partial charge is 0.472 e. The highest BCUT2D eigenvalue weighted by atomic mass is 31.2. The van der Waals surface area contributed by atoms with Crippen LogP contribution in [0.4, 0.5) is 0 Å². The molecule has 0 aliphatic carbocycles. The lowest BCUT2D eigenvalue weighted by Gasteiger charge is -2.19. The molecular weight excluding hydrogens is 784 g/mol. The molecule has 0 bridgehead atoms. The average molecular weight is 867 g/mol. The van der Waals surface area contributed by atoms with Crippen molar-refractivity contribution in [3.05, 3.63) is 122 Å². The van der Waals surface area contributed by atoms with Crippen molar-refractivity contribution in [3.8, 4) is 0 Å². The fourth-order valence-electron chi connectivity index (χ4n) is 5.73. The molecule has 0 aromatic carbocycles. The Morgan fingerprint density at radius 2 is 0.820 bits per heavy atom. The maximum atomic E-state index is 12.5. The lowest BCUT2D eigenvalue weighted by molar-refractivity contribution is -0.161. The summed E-state index contributed by atoms with van der Waals surface area (Å²) in [6.45, 7) is 3.59. The predicted octanol–water partition coefficient (Wildman–Crippen LogP) is 15.2. The first-order valence-corrected chi connectivity index (χ1v) is 24.7. The summed E-state index contributed by atoms with van der Waals surface area (Å²) in [6, 6.07) is 0. The van der Waals surface area contributed by atoms with Gasteiger partial charge in [0.1, 0.15) is 6.61 Å². The van der Waals surface area contributed by atoms with E-state index < -0.39 is 32.5 Å². The van der Waals surface area contributed by atoms with Crippen molar-refractivity contribution in [2.45, 2.75) is 174 Å². The SMILES string of the molecule is CC/C=C\C/C=C\C/C=C\C/C=C\C/C=C\C/C=C\CCC(=O)OC(COC(=O)CCCCCCCCCCCC/C=C\C/C=C\C/C=C\C/C=C\CC)COP(=O)(O)OC. The Kier molecular flexibility index (Phi) is 43.3. The lowest BCUT2D eigenvalue weighted by Crippen LogP contribution is -2.29. The van der Waals surface area contributed by atoms with Crippen LogP contribution in [-0.4, -0.2) is 43.3 Å². The molecule has 0 amide bonds. The third-order valence-corrected chi connectivity index (χ3v) is 10.2. The average Bonchev–Trinajstić information content (AvgIpc) is 3.25. The number of esters is 2. The second-order valence-electron chi connectivity index (χ2n) is 14.8. The third-order valence-electron chi connectivity index (χ3n) is 9.21. The van der Waals surface area contributed by atoms with E-state index >= 15 is 0 Å². The summed E-state index contributed by atoms with van der Waals surface area (Å²) in [7, 11) is -3.25. The fourth-order valence-corrected chi connectivity index (χ4v) is 6.19. The van der Waals surface area contributed by atoms with Crippen LogP contribution in [0.1, 0.15) is 168 Å². The zero-order chi connectivity index (χ0) is 44.6. The van der Waals surface area contributed by atoms with Gasteiger partial charge in [-0.15, -0.1) is 0 Å². The van der Waals surface area contributed by atoms with Gasteiger partial charge in [-0.2, -0.15) is 0 Å². The van der Waals surface area contributed by atoms with Crippen LogP contribution >= 0.6 is 7.82 Å².